The van der Waals surface area contributed by atoms with Gasteiger partial charge in [-0.3, -0.25) is 9.59 Å². The minimum Gasteiger partial charge on any atom is -0.479 e. The summed E-state index contributed by atoms with van der Waals surface area (Å²) in [4.78, 5) is 24.0. The van der Waals surface area contributed by atoms with E-state index in [0.29, 0.717) is 11.3 Å². The molecule has 11 heteroatoms. The summed E-state index contributed by atoms with van der Waals surface area (Å²) in [5, 5.41) is 5.10. The number of fused-ring (bicyclic) bond motifs is 1. The number of hydrogen-bond donors (Lipinski definition) is 2. The molecule has 0 aliphatic carbocycles. The molecule has 8 nitrogen and oxygen atoms in total. The number of likely N-dealkylation sites (N-methyl/N-ethyl adjacent to an activating group) is 1. The molecular weight excluding hydrogens is 437 g/mol. The number of nitrogens with zero attached hydrogens (tertiary/aromatic N) is 1. The van der Waals surface area contributed by atoms with Crippen molar-refractivity contribution in [3.05, 3.63) is 46.7 Å². The van der Waals surface area contributed by atoms with Crippen molar-refractivity contribution < 1.29 is 27.1 Å². The van der Waals surface area contributed by atoms with E-state index in [9.17, 15) is 22.4 Å². The number of carbonyl (C=O) groups excluding carboxylic acids is 2. The summed E-state index contributed by atoms with van der Waals surface area (Å²) in [6.07, 6.45) is -0.764. The molecule has 0 bridgehead atoms. The van der Waals surface area contributed by atoms with Crippen molar-refractivity contribution in [3.63, 3.8) is 0 Å². The first-order valence-electron chi connectivity index (χ1n) is 8.82. The predicted molar refractivity (Wildman–Crippen MR) is 110 cm³/mol. The number of rotatable bonds is 5. The molecular formula is C19H19ClFN3O5S. The highest BCUT2D eigenvalue weighted by molar-refractivity contribution is 7.89. The van der Waals surface area contributed by atoms with Crippen LogP contribution < -0.4 is 15.4 Å². The van der Waals surface area contributed by atoms with Crippen LogP contribution >= 0.6 is 11.6 Å². The molecule has 0 saturated carbocycles. The van der Waals surface area contributed by atoms with E-state index in [-0.39, 0.29) is 27.3 Å². The lowest BCUT2D eigenvalue weighted by Crippen LogP contribution is -2.36. The lowest BCUT2D eigenvalue weighted by atomic mass is 10.1. The van der Waals surface area contributed by atoms with Crippen molar-refractivity contribution >= 4 is 44.8 Å². The number of amides is 2. The Morgan fingerprint density at radius 2 is 2.03 bits per heavy atom. The standard InChI is InChI=1S/C19H19ClFN3O5S/c1-10-6-15-16(29-11(2)19(26)23-15)8-17(10)30(27,28)24(3)9-18(25)22-14-5-4-12(21)7-13(14)20/h4-8,11H,9H2,1-3H3,(H,22,25)(H,23,26)/t11-/m1/s1. The molecule has 2 amide bonds. The Hall–Kier alpha value is -2.69. The maximum atomic E-state index is 13.1. The minimum atomic E-state index is -4.05. The molecule has 0 saturated heterocycles. The summed E-state index contributed by atoms with van der Waals surface area (Å²) < 4.78 is 45.5. The van der Waals surface area contributed by atoms with Gasteiger partial charge in [-0.2, -0.15) is 4.31 Å². The van der Waals surface area contributed by atoms with Crippen molar-refractivity contribution in [1.82, 2.24) is 4.31 Å². The van der Waals surface area contributed by atoms with Crippen LogP contribution in [-0.4, -0.2) is 44.2 Å². The van der Waals surface area contributed by atoms with Crippen molar-refractivity contribution in [2.45, 2.75) is 24.8 Å². The second-order valence-corrected chi connectivity index (χ2v) is 9.22. The second-order valence-electron chi connectivity index (χ2n) is 6.80. The second kappa shape index (κ2) is 8.21. The highest BCUT2D eigenvalue weighted by Crippen LogP contribution is 2.35. The number of sulfonamides is 1. The first kappa shape index (κ1) is 22.0. The molecule has 2 N–H and O–H groups in total. The Kier molecular flexibility index (Phi) is 6.02. The highest BCUT2D eigenvalue weighted by atomic mass is 35.5. The highest BCUT2D eigenvalue weighted by Gasteiger charge is 2.30. The van der Waals surface area contributed by atoms with E-state index < -0.39 is 34.4 Å². The molecule has 30 heavy (non-hydrogen) atoms. The smallest absolute Gasteiger partial charge is 0.265 e. The zero-order valence-electron chi connectivity index (χ0n) is 16.3. The Morgan fingerprint density at radius 3 is 2.70 bits per heavy atom. The van der Waals surface area contributed by atoms with E-state index in [1.165, 1.54) is 25.2 Å². The largest absolute Gasteiger partial charge is 0.479 e. The molecule has 0 unspecified atom stereocenters. The third kappa shape index (κ3) is 4.40. The van der Waals surface area contributed by atoms with Crippen LogP contribution in [0.4, 0.5) is 15.8 Å². The molecule has 1 aliphatic heterocycles. The summed E-state index contributed by atoms with van der Waals surface area (Å²) in [6.45, 7) is 2.62. The van der Waals surface area contributed by atoms with Crippen molar-refractivity contribution in [3.8, 4) is 5.75 Å². The third-order valence-corrected chi connectivity index (χ3v) is 6.73. The number of halogens is 2. The van der Waals surface area contributed by atoms with Crippen LogP contribution in [0, 0.1) is 12.7 Å². The molecule has 0 aromatic heterocycles. The number of aryl methyl sites for hydroxylation is 1. The van der Waals surface area contributed by atoms with Gasteiger partial charge in [0.2, 0.25) is 15.9 Å². The van der Waals surface area contributed by atoms with E-state index in [2.05, 4.69) is 10.6 Å². The van der Waals surface area contributed by atoms with E-state index in [1.807, 2.05) is 0 Å². The van der Waals surface area contributed by atoms with Crippen LogP contribution in [0.1, 0.15) is 12.5 Å². The fraction of sp³-hybridized carbons (Fsp3) is 0.263. The quantitative estimate of drug-likeness (QED) is 0.721. The molecule has 1 atom stereocenters. The zero-order chi connectivity index (χ0) is 22.2. The Bertz CT molecular complexity index is 1140. The van der Waals surface area contributed by atoms with Crippen LogP contribution in [0.3, 0.4) is 0 Å². The molecule has 3 rings (SSSR count). The summed E-state index contributed by atoms with van der Waals surface area (Å²) in [5.41, 5.74) is 0.916. The fourth-order valence-electron chi connectivity index (χ4n) is 2.86. The molecule has 2 aromatic rings. The van der Waals surface area contributed by atoms with E-state index >= 15 is 0 Å². The van der Waals surface area contributed by atoms with Gasteiger partial charge in [-0.1, -0.05) is 11.6 Å². The topological polar surface area (TPSA) is 105 Å². The first-order chi connectivity index (χ1) is 14.0. The Balaban J connectivity index is 1.80. The molecule has 0 radical (unpaired) electrons. The zero-order valence-corrected chi connectivity index (χ0v) is 17.9. The maximum absolute atomic E-state index is 13.1. The molecule has 0 fully saturated rings. The van der Waals surface area contributed by atoms with Gasteiger partial charge in [0.25, 0.3) is 5.91 Å². The van der Waals surface area contributed by atoms with Gasteiger partial charge in [-0.25, -0.2) is 12.8 Å². The van der Waals surface area contributed by atoms with E-state index in [1.54, 1.807) is 13.8 Å². The first-order valence-corrected chi connectivity index (χ1v) is 10.6. The number of nitrogens with one attached hydrogen (secondary N) is 2. The van der Waals surface area contributed by atoms with Gasteiger partial charge in [0.1, 0.15) is 11.6 Å². The van der Waals surface area contributed by atoms with Gasteiger partial charge < -0.3 is 15.4 Å². The summed E-state index contributed by atoms with van der Waals surface area (Å²) >= 11 is 5.88. The van der Waals surface area contributed by atoms with Gasteiger partial charge in [0, 0.05) is 13.1 Å². The Morgan fingerprint density at radius 1 is 1.33 bits per heavy atom. The Labute approximate surface area is 178 Å². The predicted octanol–water partition coefficient (Wildman–Crippen LogP) is 2.77. The summed E-state index contributed by atoms with van der Waals surface area (Å²) in [6, 6.07) is 6.26. The molecule has 160 valence electrons. The molecule has 2 aromatic carbocycles. The van der Waals surface area contributed by atoms with Gasteiger partial charge in [0.05, 0.1) is 27.8 Å². The average Bonchev–Trinajstić information content (AvgIpc) is 2.64. The van der Waals surface area contributed by atoms with Gasteiger partial charge >= 0.3 is 0 Å². The summed E-state index contributed by atoms with van der Waals surface area (Å²) in [7, 11) is -2.80. The van der Waals surface area contributed by atoms with E-state index in [4.69, 9.17) is 16.3 Å². The van der Waals surface area contributed by atoms with Crippen LogP contribution in [0.2, 0.25) is 5.02 Å². The van der Waals surface area contributed by atoms with Crippen molar-refractivity contribution in [2.24, 2.45) is 0 Å². The van der Waals surface area contributed by atoms with Gasteiger partial charge in [0.15, 0.2) is 6.10 Å². The number of anilines is 2. The lowest BCUT2D eigenvalue weighted by Gasteiger charge is -2.25. The number of carbonyl (C=O) groups is 2. The van der Waals surface area contributed by atoms with Crippen LogP contribution in [0.5, 0.6) is 5.75 Å². The fourth-order valence-corrected chi connectivity index (χ4v) is 4.42. The summed E-state index contributed by atoms with van der Waals surface area (Å²) in [5.74, 6) is -1.32. The normalized spacial score (nSPS) is 15.9. The maximum Gasteiger partial charge on any atom is 0.265 e. The molecule has 0 spiro atoms. The van der Waals surface area contributed by atoms with Gasteiger partial charge in [-0.15, -0.1) is 0 Å². The van der Waals surface area contributed by atoms with Crippen molar-refractivity contribution in [1.29, 1.82) is 0 Å². The molecule has 1 aliphatic rings. The number of ether oxygens (including phenoxy) is 1. The molecule has 1 heterocycles. The number of hydrogen-bond acceptors (Lipinski definition) is 5. The average molecular weight is 456 g/mol. The van der Waals surface area contributed by atoms with E-state index in [0.717, 1.165) is 16.4 Å². The monoisotopic (exact) mass is 455 g/mol. The van der Waals surface area contributed by atoms with Crippen LogP contribution in [0.25, 0.3) is 0 Å². The SMILES string of the molecule is Cc1cc2c(cc1S(=O)(=O)N(C)CC(=O)Nc1ccc(F)cc1Cl)O[C@H](C)C(=O)N2. The van der Waals surface area contributed by atoms with Crippen molar-refractivity contribution in [2.75, 3.05) is 24.2 Å². The third-order valence-electron chi connectivity index (χ3n) is 4.47. The number of benzene rings is 2. The lowest BCUT2D eigenvalue weighted by molar-refractivity contribution is -0.122. The van der Waals surface area contributed by atoms with Crippen LogP contribution in [0.15, 0.2) is 35.2 Å². The van der Waals surface area contributed by atoms with Crippen LogP contribution in [-0.2, 0) is 19.6 Å². The van der Waals surface area contributed by atoms with Gasteiger partial charge in [-0.05, 0) is 43.7 Å². The minimum absolute atomic E-state index is 0.00675.